The molecule has 0 saturated heterocycles. The zero-order valence-electron chi connectivity index (χ0n) is 12.7. The number of aliphatic carboxylic acids is 1. The number of aldehydes is 1. The zero-order chi connectivity index (χ0) is 18.7. The van der Waals surface area contributed by atoms with Crippen LogP contribution < -0.4 is 0 Å². The van der Waals surface area contributed by atoms with Gasteiger partial charge >= 0.3 is 17.9 Å². The fraction of sp³-hybridized carbons (Fsp3) is 0.615. The maximum Gasteiger partial charge on any atom is 0.307 e. The highest BCUT2D eigenvalue weighted by atomic mass is 16.6. The fourth-order valence-corrected chi connectivity index (χ4v) is 1.66. The van der Waals surface area contributed by atoms with Crippen LogP contribution in [-0.2, 0) is 38.2 Å². The summed E-state index contributed by atoms with van der Waals surface area (Å²) in [7, 11) is 0. The molecule has 0 bridgehead atoms. The first kappa shape index (κ1) is 21.5. The predicted octanol–water partition coefficient (Wildman–Crippen LogP) is -2.21. The van der Waals surface area contributed by atoms with E-state index in [4.69, 9.17) is 14.9 Å². The van der Waals surface area contributed by atoms with Crippen molar-refractivity contribution in [2.45, 2.75) is 44.2 Å². The second-order valence-corrected chi connectivity index (χ2v) is 4.51. The number of aliphatic hydroxyl groups is 2. The SMILES string of the molecule is CC(=O)O[C@@H]([C@H](OC=O)[C@H](C=O)OC(=O)CCC(=O)O)[C@H](O)CO. The molecule has 0 aliphatic heterocycles. The molecule has 0 aromatic rings. The molecule has 11 nitrogen and oxygen atoms in total. The zero-order valence-corrected chi connectivity index (χ0v) is 12.7. The summed E-state index contributed by atoms with van der Waals surface area (Å²) in [5.74, 6) is -3.29. The van der Waals surface area contributed by atoms with Gasteiger partial charge in [0.15, 0.2) is 24.6 Å². The standard InChI is InChI=1S/C13H18O11/c1-7(17)23-12(8(18)4-14)13(22-6-16)9(5-15)24-11(21)3-2-10(19)20/h5-6,8-9,12-14,18H,2-4H2,1H3,(H,19,20)/t8-,9+,12-,13-/m1/s1. The van der Waals surface area contributed by atoms with E-state index in [1.54, 1.807) is 0 Å². The van der Waals surface area contributed by atoms with Crippen LogP contribution in [0.2, 0.25) is 0 Å². The number of hydrogen-bond acceptors (Lipinski definition) is 10. The van der Waals surface area contributed by atoms with Gasteiger partial charge in [-0.3, -0.25) is 24.0 Å². The van der Waals surface area contributed by atoms with Gasteiger partial charge < -0.3 is 29.5 Å². The van der Waals surface area contributed by atoms with E-state index in [-0.39, 0.29) is 12.8 Å². The molecule has 0 fully saturated rings. The monoisotopic (exact) mass is 350 g/mol. The Labute approximate surface area is 136 Å². The normalized spacial score (nSPS) is 15.3. The Morgan fingerprint density at radius 1 is 1.08 bits per heavy atom. The topological polar surface area (TPSA) is 174 Å². The Balaban J connectivity index is 5.25. The minimum absolute atomic E-state index is 0.0490. The molecular formula is C13H18O11. The minimum atomic E-state index is -1.79. The van der Waals surface area contributed by atoms with Crippen molar-refractivity contribution >= 4 is 30.7 Å². The van der Waals surface area contributed by atoms with Crippen molar-refractivity contribution in [3.63, 3.8) is 0 Å². The van der Waals surface area contributed by atoms with Crippen LogP contribution in [0.5, 0.6) is 0 Å². The maximum absolute atomic E-state index is 11.5. The summed E-state index contributed by atoms with van der Waals surface area (Å²) >= 11 is 0. The lowest BCUT2D eigenvalue weighted by Gasteiger charge is -2.30. The Kier molecular flexibility index (Phi) is 9.91. The van der Waals surface area contributed by atoms with Gasteiger partial charge in [0.1, 0.15) is 6.10 Å². The summed E-state index contributed by atoms with van der Waals surface area (Å²) in [5, 5.41) is 27.1. The lowest BCUT2D eigenvalue weighted by molar-refractivity contribution is -0.189. The fourth-order valence-electron chi connectivity index (χ4n) is 1.66. The number of rotatable bonds is 12. The summed E-state index contributed by atoms with van der Waals surface area (Å²) < 4.78 is 13.9. The third kappa shape index (κ3) is 7.65. The molecule has 0 saturated carbocycles. The van der Waals surface area contributed by atoms with Crippen LogP contribution in [0.25, 0.3) is 0 Å². The molecule has 0 radical (unpaired) electrons. The molecule has 4 atom stereocenters. The summed E-state index contributed by atoms with van der Waals surface area (Å²) in [6.45, 7) is -0.0775. The van der Waals surface area contributed by atoms with Crippen molar-refractivity contribution < 1.29 is 53.5 Å². The first-order valence-corrected chi connectivity index (χ1v) is 6.68. The van der Waals surface area contributed by atoms with E-state index in [0.29, 0.717) is 0 Å². The molecule has 0 heterocycles. The van der Waals surface area contributed by atoms with Crippen molar-refractivity contribution in [2.75, 3.05) is 6.61 Å². The predicted molar refractivity (Wildman–Crippen MR) is 72.4 cm³/mol. The van der Waals surface area contributed by atoms with E-state index < -0.39 is 61.8 Å². The third-order valence-corrected chi connectivity index (χ3v) is 2.67. The first-order chi connectivity index (χ1) is 11.3. The van der Waals surface area contributed by atoms with Crippen LogP contribution >= 0.6 is 0 Å². The van der Waals surface area contributed by atoms with Gasteiger partial charge in [0, 0.05) is 6.92 Å². The Morgan fingerprint density at radius 2 is 1.71 bits per heavy atom. The molecular weight excluding hydrogens is 332 g/mol. The van der Waals surface area contributed by atoms with Crippen molar-refractivity contribution in [1.29, 1.82) is 0 Å². The highest BCUT2D eigenvalue weighted by Gasteiger charge is 2.40. The van der Waals surface area contributed by atoms with Crippen LogP contribution in [0.15, 0.2) is 0 Å². The second-order valence-electron chi connectivity index (χ2n) is 4.51. The van der Waals surface area contributed by atoms with Crippen LogP contribution in [-0.4, -0.2) is 77.0 Å². The summed E-state index contributed by atoms with van der Waals surface area (Å²) in [6, 6.07) is 0. The number of ether oxygens (including phenoxy) is 3. The number of carboxylic acids is 1. The Morgan fingerprint density at radius 3 is 2.12 bits per heavy atom. The molecule has 0 aliphatic rings. The van der Waals surface area contributed by atoms with Crippen LogP contribution in [0.3, 0.4) is 0 Å². The molecule has 0 aromatic heterocycles. The lowest BCUT2D eigenvalue weighted by atomic mass is 10.0. The van der Waals surface area contributed by atoms with Crippen molar-refractivity contribution in [3.05, 3.63) is 0 Å². The van der Waals surface area contributed by atoms with Crippen molar-refractivity contribution in [1.82, 2.24) is 0 Å². The average molecular weight is 350 g/mol. The largest absolute Gasteiger partial charge is 0.481 e. The number of carbonyl (C=O) groups is 5. The van der Waals surface area contributed by atoms with E-state index in [1.807, 2.05) is 0 Å². The third-order valence-electron chi connectivity index (χ3n) is 2.67. The molecule has 3 N–H and O–H groups in total. The Bertz CT molecular complexity index is 461. The van der Waals surface area contributed by atoms with E-state index in [2.05, 4.69) is 9.47 Å². The number of hydrogen-bond donors (Lipinski definition) is 3. The van der Waals surface area contributed by atoms with E-state index in [1.165, 1.54) is 0 Å². The smallest absolute Gasteiger partial charge is 0.307 e. The number of carboxylic acid groups (broad SMARTS) is 1. The minimum Gasteiger partial charge on any atom is -0.481 e. The van der Waals surface area contributed by atoms with Crippen LogP contribution in [0.1, 0.15) is 19.8 Å². The highest BCUT2D eigenvalue weighted by Crippen LogP contribution is 2.16. The van der Waals surface area contributed by atoms with Crippen LogP contribution in [0.4, 0.5) is 0 Å². The van der Waals surface area contributed by atoms with Crippen LogP contribution in [0, 0.1) is 0 Å². The lowest BCUT2D eigenvalue weighted by Crippen LogP contribution is -2.51. The number of aliphatic hydroxyl groups excluding tert-OH is 2. The second kappa shape index (κ2) is 11.1. The summed E-state index contributed by atoms with van der Waals surface area (Å²) in [4.78, 5) is 54.7. The first-order valence-electron chi connectivity index (χ1n) is 6.68. The summed E-state index contributed by atoms with van der Waals surface area (Å²) in [5.41, 5.74) is 0. The summed E-state index contributed by atoms with van der Waals surface area (Å²) in [6.07, 6.45) is -8.03. The molecule has 11 heteroatoms. The number of esters is 2. The van der Waals surface area contributed by atoms with Gasteiger partial charge in [-0.1, -0.05) is 0 Å². The molecule has 24 heavy (non-hydrogen) atoms. The van der Waals surface area contributed by atoms with E-state index in [9.17, 15) is 29.1 Å². The van der Waals surface area contributed by atoms with Gasteiger partial charge in [-0.25, -0.2) is 0 Å². The van der Waals surface area contributed by atoms with Crippen molar-refractivity contribution in [2.24, 2.45) is 0 Å². The quantitative estimate of drug-likeness (QED) is 0.198. The van der Waals surface area contributed by atoms with E-state index >= 15 is 0 Å². The Hall–Kier alpha value is -2.53. The maximum atomic E-state index is 11.5. The van der Waals surface area contributed by atoms with E-state index in [0.717, 1.165) is 6.92 Å². The van der Waals surface area contributed by atoms with Crippen molar-refractivity contribution in [3.8, 4) is 0 Å². The molecule has 0 rings (SSSR count). The molecule has 0 spiro atoms. The van der Waals surface area contributed by atoms with Gasteiger partial charge in [-0.05, 0) is 0 Å². The van der Waals surface area contributed by atoms with Gasteiger partial charge in [0.05, 0.1) is 19.4 Å². The van der Waals surface area contributed by atoms with Gasteiger partial charge in [0.25, 0.3) is 6.47 Å². The molecule has 0 unspecified atom stereocenters. The average Bonchev–Trinajstić information content (AvgIpc) is 2.53. The highest BCUT2D eigenvalue weighted by molar-refractivity contribution is 5.78. The molecule has 0 aromatic carbocycles. The molecule has 136 valence electrons. The van der Waals surface area contributed by atoms with Gasteiger partial charge in [0.2, 0.25) is 0 Å². The molecule has 0 amide bonds. The number of carbonyl (C=O) groups excluding carboxylic acids is 4. The molecule has 0 aliphatic carbocycles. The van der Waals surface area contributed by atoms with Gasteiger partial charge in [-0.15, -0.1) is 0 Å². The van der Waals surface area contributed by atoms with Gasteiger partial charge in [-0.2, -0.15) is 0 Å².